The molecule has 1 atom stereocenters. The van der Waals surface area contributed by atoms with Gasteiger partial charge >= 0.3 is 0 Å². The van der Waals surface area contributed by atoms with Crippen LogP contribution in [0, 0.1) is 13.8 Å². The molecule has 0 aliphatic carbocycles. The van der Waals surface area contributed by atoms with Crippen molar-refractivity contribution in [1.82, 2.24) is 9.78 Å². The number of likely N-dealkylation sites (N-methyl/N-ethyl adjacent to an activating group) is 1. The maximum absolute atomic E-state index is 12.4. The van der Waals surface area contributed by atoms with Crippen molar-refractivity contribution >= 4 is 11.6 Å². The third-order valence-corrected chi connectivity index (χ3v) is 4.07. The van der Waals surface area contributed by atoms with Crippen LogP contribution in [-0.4, -0.2) is 29.3 Å². The predicted molar refractivity (Wildman–Crippen MR) is 95.8 cm³/mol. The van der Waals surface area contributed by atoms with Gasteiger partial charge in [0.05, 0.1) is 36.1 Å². The van der Waals surface area contributed by atoms with Crippen molar-refractivity contribution < 1.29 is 14.1 Å². The van der Waals surface area contributed by atoms with Crippen LogP contribution in [0.1, 0.15) is 17.1 Å². The summed E-state index contributed by atoms with van der Waals surface area (Å²) in [5.74, 6) is 0.831. The van der Waals surface area contributed by atoms with E-state index in [2.05, 4.69) is 10.4 Å². The molecule has 0 saturated heterocycles. The Morgan fingerprint density at radius 2 is 1.96 bits per heavy atom. The van der Waals surface area contributed by atoms with Crippen molar-refractivity contribution in [3.8, 4) is 5.69 Å². The van der Waals surface area contributed by atoms with Gasteiger partial charge in [-0.15, -0.1) is 0 Å². The molecule has 6 nitrogen and oxygen atoms in total. The van der Waals surface area contributed by atoms with Crippen LogP contribution in [0.3, 0.4) is 0 Å². The summed E-state index contributed by atoms with van der Waals surface area (Å²) < 4.78 is 7.18. The third kappa shape index (κ3) is 3.97. The number of quaternary nitrogens is 1. The van der Waals surface area contributed by atoms with Gasteiger partial charge in [0.1, 0.15) is 6.54 Å². The van der Waals surface area contributed by atoms with Gasteiger partial charge in [0.2, 0.25) is 0 Å². The number of anilines is 1. The van der Waals surface area contributed by atoms with Crippen LogP contribution < -0.4 is 10.2 Å². The van der Waals surface area contributed by atoms with E-state index in [9.17, 15) is 4.79 Å². The molecule has 0 spiro atoms. The second-order valence-electron chi connectivity index (χ2n) is 6.23. The molecule has 3 aromatic rings. The van der Waals surface area contributed by atoms with Gasteiger partial charge in [0.25, 0.3) is 5.91 Å². The van der Waals surface area contributed by atoms with E-state index in [1.54, 1.807) is 6.26 Å². The lowest BCUT2D eigenvalue weighted by Gasteiger charge is -2.12. The Morgan fingerprint density at radius 1 is 1.20 bits per heavy atom. The number of aromatic nitrogens is 2. The molecule has 2 heterocycles. The van der Waals surface area contributed by atoms with Crippen LogP contribution in [0.2, 0.25) is 0 Å². The highest BCUT2D eigenvalue weighted by atomic mass is 16.3. The second-order valence-corrected chi connectivity index (χ2v) is 6.23. The van der Waals surface area contributed by atoms with Gasteiger partial charge in [-0.3, -0.25) is 4.79 Å². The van der Waals surface area contributed by atoms with Crippen molar-refractivity contribution in [2.75, 3.05) is 18.9 Å². The van der Waals surface area contributed by atoms with Gasteiger partial charge in [0.15, 0.2) is 12.3 Å². The summed E-state index contributed by atoms with van der Waals surface area (Å²) in [7, 11) is 1.97. The maximum atomic E-state index is 12.4. The Labute approximate surface area is 147 Å². The molecular formula is C19H23N4O2+. The molecule has 0 aliphatic rings. The van der Waals surface area contributed by atoms with E-state index >= 15 is 0 Å². The largest absolute Gasteiger partial charge is 0.463 e. The third-order valence-electron chi connectivity index (χ3n) is 4.07. The number of hydrogen-bond acceptors (Lipinski definition) is 3. The van der Waals surface area contributed by atoms with E-state index < -0.39 is 0 Å². The van der Waals surface area contributed by atoms with Crippen LogP contribution in [0.25, 0.3) is 5.69 Å². The van der Waals surface area contributed by atoms with Crippen molar-refractivity contribution in [3.63, 3.8) is 0 Å². The molecule has 2 aromatic heterocycles. The zero-order chi connectivity index (χ0) is 17.8. The number of amides is 1. The molecule has 0 saturated carbocycles. The number of carbonyl (C=O) groups excluding carboxylic acids is 1. The van der Waals surface area contributed by atoms with Crippen molar-refractivity contribution in [2.45, 2.75) is 20.4 Å². The summed E-state index contributed by atoms with van der Waals surface area (Å²) in [5.41, 5.74) is 3.47. The number of carbonyl (C=O) groups is 1. The Bertz CT molecular complexity index is 838. The summed E-state index contributed by atoms with van der Waals surface area (Å²) in [4.78, 5) is 13.5. The summed E-state index contributed by atoms with van der Waals surface area (Å²) in [6, 6.07) is 13.7. The van der Waals surface area contributed by atoms with Gasteiger partial charge < -0.3 is 14.6 Å². The average molecular weight is 339 g/mol. The molecule has 1 aromatic carbocycles. The molecule has 25 heavy (non-hydrogen) atoms. The molecule has 2 N–H and O–H groups in total. The number of para-hydroxylation sites is 1. The highest BCUT2D eigenvalue weighted by Gasteiger charge is 2.18. The maximum Gasteiger partial charge on any atom is 0.279 e. The Morgan fingerprint density at radius 3 is 2.64 bits per heavy atom. The lowest BCUT2D eigenvalue weighted by molar-refractivity contribution is -0.886. The minimum Gasteiger partial charge on any atom is -0.463 e. The molecule has 6 heteroatoms. The number of rotatable bonds is 6. The number of benzene rings is 1. The van der Waals surface area contributed by atoms with E-state index in [0.29, 0.717) is 13.1 Å². The predicted octanol–water partition coefficient (Wildman–Crippen LogP) is 1.74. The first kappa shape index (κ1) is 17.0. The minimum atomic E-state index is -0.0390. The Hall–Kier alpha value is -2.86. The molecular weight excluding hydrogens is 316 g/mol. The van der Waals surface area contributed by atoms with E-state index in [0.717, 1.165) is 33.4 Å². The van der Waals surface area contributed by atoms with Gasteiger partial charge in [0, 0.05) is 0 Å². The van der Waals surface area contributed by atoms with Crippen LogP contribution in [0.4, 0.5) is 5.69 Å². The first-order chi connectivity index (χ1) is 12.0. The number of hydrogen-bond donors (Lipinski definition) is 2. The van der Waals surface area contributed by atoms with Crippen molar-refractivity contribution in [1.29, 1.82) is 0 Å². The smallest absolute Gasteiger partial charge is 0.279 e. The summed E-state index contributed by atoms with van der Waals surface area (Å²) in [6.07, 6.45) is 1.65. The second kappa shape index (κ2) is 7.36. The van der Waals surface area contributed by atoms with Gasteiger partial charge in [-0.1, -0.05) is 18.2 Å². The number of nitrogens with one attached hydrogen (secondary N) is 2. The molecule has 3 rings (SSSR count). The van der Waals surface area contributed by atoms with E-state index in [-0.39, 0.29) is 5.91 Å². The summed E-state index contributed by atoms with van der Waals surface area (Å²) in [5, 5.41) is 7.56. The zero-order valence-corrected chi connectivity index (χ0v) is 14.7. The van der Waals surface area contributed by atoms with Gasteiger partial charge in [-0.2, -0.15) is 5.10 Å². The Balaban J connectivity index is 1.68. The lowest BCUT2D eigenvalue weighted by atomic mass is 10.3. The van der Waals surface area contributed by atoms with Crippen molar-refractivity contribution in [2.24, 2.45) is 0 Å². The normalized spacial score (nSPS) is 12.1. The topological polar surface area (TPSA) is 64.5 Å². The highest BCUT2D eigenvalue weighted by molar-refractivity contribution is 5.92. The van der Waals surface area contributed by atoms with Crippen molar-refractivity contribution in [3.05, 3.63) is 65.9 Å². The number of aryl methyl sites for hydroxylation is 1. The van der Waals surface area contributed by atoms with E-state index in [1.165, 1.54) is 0 Å². The minimum absolute atomic E-state index is 0.0390. The monoisotopic (exact) mass is 339 g/mol. The van der Waals surface area contributed by atoms with Gasteiger partial charge in [-0.25, -0.2) is 4.68 Å². The fraction of sp³-hybridized carbons (Fsp3) is 0.263. The first-order valence-corrected chi connectivity index (χ1v) is 8.30. The van der Waals surface area contributed by atoms with Crippen LogP contribution in [0.5, 0.6) is 0 Å². The molecule has 0 bridgehead atoms. The highest BCUT2D eigenvalue weighted by Crippen LogP contribution is 2.22. The molecule has 130 valence electrons. The molecule has 1 amide bonds. The fourth-order valence-electron chi connectivity index (χ4n) is 2.87. The molecule has 0 radical (unpaired) electrons. The van der Waals surface area contributed by atoms with E-state index in [4.69, 9.17) is 4.42 Å². The number of nitrogens with zero attached hydrogens (tertiary/aromatic N) is 2. The standard InChI is InChI=1S/C19H22N4O2/c1-14-19(15(2)23(21-14)16-8-5-4-6-9-16)20-18(24)13-22(3)12-17-10-7-11-25-17/h4-11H,12-13H2,1-3H3,(H,20,24)/p+1. The molecule has 0 aliphatic heterocycles. The SMILES string of the molecule is Cc1nn(-c2ccccc2)c(C)c1NC(=O)C[NH+](C)Cc1ccco1. The average Bonchev–Trinajstić information content (AvgIpc) is 3.19. The quantitative estimate of drug-likeness (QED) is 0.719. The zero-order valence-electron chi connectivity index (χ0n) is 14.7. The molecule has 1 unspecified atom stereocenters. The fourth-order valence-corrected chi connectivity index (χ4v) is 2.87. The Kier molecular flexibility index (Phi) is 5.00. The first-order valence-electron chi connectivity index (χ1n) is 8.30. The van der Waals surface area contributed by atoms with E-state index in [1.807, 2.05) is 68.0 Å². The molecule has 0 fully saturated rings. The van der Waals surface area contributed by atoms with Crippen LogP contribution >= 0.6 is 0 Å². The van der Waals surface area contributed by atoms with Crippen LogP contribution in [0.15, 0.2) is 53.1 Å². The van der Waals surface area contributed by atoms with Gasteiger partial charge in [-0.05, 0) is 38.1 Å². The van der Waals surface area contributed by atoms with Crippen LogP contribution in [-0.2, 0) is 11.3 Å². The number of furan rings is 1. The lowest BCUT2D eigenvalue weighted by Crippen LogP contribution is -3.08. The summed E-state index contributed by atoms with van der Waals surface area (Å²) >= 11 is 0. The summed E-state index contributed by atoms with van der Waals surface area (Å²) in [6.45, 7) is 4.89.